The van der Waals surface area contributed by atoms with E-state index in [9.17, 15) is 9.90 Å². The van der Waals surface area contributed by atoms with Crippen molar-refractivity contribution < 1.29 is 9.90 Å². The second kappa shape index (κ2) is 8.66. The molecule has 7 heteroatoms. The van der Waals surface area contributed by atoms with E-state index in [4.69, 9.17) is 5.26 Å². The van der Waals surface area contributed by atoms with Crippen LogP contribution in [0.2, 0.25) is 0 Å². The van der Waals surface area contributed by atoms with Gasteiger partial charge in [0.2, 0.25) is 0 Å². The molecule has 4 rings (SSSR count). The first-order valence-corrected chi connectivity index (χ1v) is 10.7. The molecule has 3 heterocycles. The van der Waals surface area contributed by atoms with Gasteiger partial charge in [-0.2, -0.15) is 5.26 Å². The number of nitrogens with zero attached hydrogens (tertiary/aromatic N) is 5. The molecule has 0 radical (unpaired) electrons. The molecule has 2 amide bonds. The number of urea groups is 1. The van der Waals surface area contributed by atoms with Gasteiger partial charge in [0, 0.05) is 32.4 Å². The van der Waals surface area contributed by atoms with Crippen LogP contribution in [0.5, 0.6) is 0 Å². The number of amides is 2. The van der Waals surface area contributed by atoms with Crippen molar-refractivity contribution in [2.24, 2.45) is 0 Å². The molecule has 1 unspecified atom stereocenters. The van der Waals surface area contributed by atoms with Crippen LogP contribution in [0, 0.1) is 11.3 Å². The van der Waals surface area contributed by atoms with Gasteiger partial charge in [-0.25, -0.2) is 4.79 Å². The molecule has 1 N–H and O–H groups in total. The van der Waals surface area contributed by atoms with E-state index in [2.05, 4.69) is 40.2 Å². The van der Waals surface area contributed by atoms with Crippen LogP contribution in [-0.4, -0.2) is 68.6 Å². The van der Waals surface area contributed by atoms with E-state index < -0.39 is 6.10 Å². The highest BCUT2D eigenvalue weighted by Crippen LogP contribution is 2.28. The fourth-order valence-corrected chi connectivity index (χ4v) is 4.55. The van der Waals surface area contributed by atoms with E-state index in [0.29, 0.717) is 31.7 Å². The zero-order chi connectivity index (χ0) is 22.0. The fourth-order valence-electron chi connectivity index (χ4n) is 4.55. The first-order chi connectivity index (χ1) is 14.9. The first-order valence-electron chi connectivity index (χ1n) is 10.7. The number of aliphatic hydroxyl groups is 1. The number of nitriles is 1. The summed E-state index contributed by atoms with van der Waals surface area (Å²) in [6.07, 6.45) is 1.91. The molecule has 1 fully saturated rings. The van der Waals surface area contributed by atoms with Gasteiger partial charge in [-0.3, -0.25) is 9.88 Å². The summed E-state index contributed by atoms with van der Waals surface area (Å²) in [4.78, 5) is 23.2. The Balaban J connectivity index is 1.36. The molecule has 2 aromatic rings. The fraction of sp³-hybridized carbons (Fsp3) is 0.458. The Bertz CT molecular complexity index is 982. The summed E-state index contributed by atoms with van der Waals surface area (Å²) < 4.78 is 0. The van der Waals surface area contributed by atoms with Crippen LogP contribution in [0.3, 0.4) is 0 Å². The molecule has 0 saturated carbocycles. The van der Waals surface area contributed by atoms with Crippen LogP contribution in [0.25, 0.3) is 0 Å². The van der Waals surface area contributed by atoms with Crippen molar-refractivity contribution in [1.29, 1.82) is 5.26 Å². The summed E-state index contributed by atoms with van der Waals surface area (Å²) in [7, 11) is 0. The molecule has 0 spiro atoms. The number of β-amino-alcohol motifs (C(OH)–C–C–N with tert-alkyl or cyclic N) is 1. The lowest BCUT2D eigenvalue weighted by Gasteiger charge is -2.34. The van der Waals surface area contributed by atoms with Crippen molar-refractivity contribution in [3.8, 4) is 6.07 Å². The topological polar surface area (TPSA) is 83.7 Å². The van der Waals surface area contributed by atoms with Gasteiger partial charge in [-0.15, -0.1) is 0 Å². The molecule has 1 saturated heterocycles. The highest BCUT2D eigenvalue weighted by molar-refractivity contribution is 5.78. The third kappa shape index (κ3) is 4.71. The molecular weight excluding hydrogens is 390 g/mol. The van der Waals surface area contributed by atoms with E-state index in [1.54, 1.807) is 21.9 Å². The number of carbonyl (C=O) groups is 1. The summed E-state index contributed by atoms with van der Waals surface area (Å²) in [6, 6.07) is 13.9. The van der Waals surface area contributed by atoms with Gasteiger partial charge in [-0.1, -0.05) is 24.3 Å². The van der Waals surface area contributed by atoms with E-state index in [1.807, 2.05) is 13.8 Å². The van der Waals surface area contributed by atoms with Crippen LogP contribution in [0.15, 0.2) is 42.6 Å². The lowest BCUT2D eigenvalue weighted by atomic mass is 9.99. The third-order valence-corrected chi connectivity index (χ3v) is 6.19. The Kier molecular flexibility index (Phi) is 5.94. The number of carbonyl (C=O) groups excluding carboxylic acids is 1. The van der Waals surface area contributed by atoms with E-state index in [-0.39, 0.29) is 11.6 Å². The zero-order valence-corrected chi connectivity index (χ0v) is 18.2. The summed E-state index contributed by atoms with van der Waals surface area (Å²) in [5.41, 5.74) is 3.58. The van der Waals surface area contributed by atoms with Gasteiger partial charge in [0.25, 0.3) is 0 Å². The Morgan fingerprint density at radius 1 is 1.19 bits per heavy atom. The van der Waals surface area contributed by atoms with Crippen molar-refractivity contribution in [2.45, 2.75) is 45.0 Å². The summed E-state index contributed by atoms with van der Waals surface area (Å²) in [5, 5.41) is 19.7. The maximum Gasteiger partial charge on any atom is 0.321 e. The van der Waals surface area contributed by atoms with Gasteiger partial charge < -0.3 is 14.9 Å². The molecular formula is C24H29N5O2. The van der Waals surface area contributed by atoms with Crippen molar-refractivity contribution in [3.63, 3.8) is 0 Å². The smallest absolute Gasteiger partial charge is 0.321 e. The SMILES string of the molecule is CC1(C)CN(Cc2ccc(C#N)cn2)C(=O)N1CC(O)CN1CCc2ccccc2C1. The number of hydrogen-bond donors (Lipinski definition) is 1. The summed E-state index contributed by atoms with van der Waals surface area (Å²) in [5.74, 6) is 0. The molecule has 1 aromatic carbocycles. The van der Waals surface area contributed by atoms with Crippen LogP contribution in [-0.2, 0) is 19.5 Å². The van der Waals surface area contributed by atoms with Crippen LogP contribution in [0.1, 0.15) is 36.2 Å². The maximum absolute atomic E-state index is 13.1. The average molecular weight is 420 g/mol. The minimum atomic E-state index is -0.610. The van der Waals surface area contributed by atoms with Crippen LogP contribution < -0.4 is 0 Å². The predicted octanol–water partition coefficient (Wildman–Crippen LogP) is 2.39. The number of rotatable bonds is 6. The molecule has 2 aliphatic heterocycles. The average Bonchev–Trinajstić information content (AvgIpc) is 2.97. The predicted molar refractivity (Wildman–Crippen MR) is 117 cm³/mol. The Morgan fingerprint density at radius 3 is 2.68 bits per heavy atom. The second-order valence-electron chi connectivity index (χ2n) is 9.12. The van der Waals surface area contributed by atoms with Crippen LogP contribution in [0.4, 0.5) is 4.79 Å². The van der Waals surface area contributed by atoms with Crippen molar-refractivity contribution in [1.82, 2.24) is 19.7 Å². The van der Waals surface area contributed by atoms with Gasteiger partial charge in [0.1, 0.15) is 6.07 Å². The standard InChI is InChI=1S/C24H29N5O2/c1-24(2)17-28(14-21-8-7-18(11-25)12-26-21)23(31)29(24)16-22(30)15-27-10-9-19-5-3-4-6-20(19)13-27/h3-8,12,22,30H,9-10,13-17H2,1-2H3. The molecule has 162 valence electrons. The molecule has 0 bridgehead atoms. The van der Waals surface area contributed by atoms with Crippen molar-refractivity contribution in [3.05, 3.63) is 65.0 Å². The highest BCUT2D eigenvalue weighted by Gasteiger charge is 2.43. The quantitative estimate of drug-likeness (QED) is 0.777. The number of aliphatic hydroxyl groups excluding tert-OH is 1. The van der Waals surface area contributed by atoms with Gasteiger partial charge in [0.15, 0.2) is 0 Å². The Morgan fingerprint density at radius 2 is 1.97 bits per heavy atom. The first kappa shape index (κ1) is 21.3. The number of hydrogen-bond acceptors (Lipinski definition) is 5. The molecule has 7 nitrogen and oxygen atoms in total. The minimum absolute atomic E-state index is 0.0841. The third-order valence-electron chi connectivity index (χ3n) is 6.19. The van der Waals surface area contributed by atoms with E-state index in [1.165, 1.54) is 17.3 Å². The van der Waals surface area contributed by atoms with Crippen LogP contribution >= 0.6 is 0 Å². The van der Waals surface area contributed by atoms with Crippen molar-refractivity contribution in [2.75, 3.05) is 26.2 Å². The number of fused-ring (bicyclic) bond motifs is 1. The zero-order valence-electron chi connectivity index (χ0n) is 18.2. The normalized spacial score (nSPS) is 19.2. The van der Waals surface area contributed by atoms with Gasteiger partial charge in [0.05, 0.1) is 36.0 Å². The molecule has 0 aliphatic carbocycles. The number of aromatic nitrogens is 1. The summed E-state index contributed by atoms with van der Waals surface area (Å²) in [6.45, 7) is 7.62. The largest absolute Gasteiger partial charge is 0.390 e. The number of pyridine rings is 1. The molecule has 31 heavy (non-hydrogen) atoms. The van der Waals surface area contributed by atoms with Crippen molar-refractivity contribution >= 4 is 6.03 Å². The maximum atomic E-state index is 13.1. The Labute approximate surface area is 183 Å². The van der Waals surface area contributed by atoms with E-state index >= 15 is 0 Å². The number of benzene rings is 1. The second-order valence-corrected chi connectivity index (χ2v) is 9.12. The van der Waals surface area contributed by atoms with E-state index in [0.717, 1.165) is 25.2 Å². The lowest BCUT2D eigenvalue weighted by Crippen LogP contribution is -2.49. The summed E-state index contributed by atoms with van der Waals surface area (Å²) >= 11 is 0. The Hall–Kier alpha value is -2.95. The van der Waals surface area contributed by atoms with Gasteiger partial charge >= 0.3 is 6.03 Å². The molecule has 1 atom stereocenters. The monoisotopic (exact) mass is 419 g/mol. The lowest BCUT2D eigenvalue weighted by molar-refractivity contribution is 0.0617. The highest BCUT2D eigenvalue weighted by atomic mass is 16.3. The molecule has 2 aliphatic rings. The van der Waals surface area contributed by atoms with Gasteiger partial charge in [-0.05, 0) is 43.5 Å². The molecule has 1 aromatic heterocycles. The minimum Gasteiger partial charge on any atom is -0.390 e.